The van der Waals surface area contributed by atoms with Gasteiger partial charge in [0.05, 0.1) is 6.10 Å². The summed E-state index contributed by atoms with van der Waals surface area (Å²) in [5.74, 6) is 3.42. The third kappa shape index (κ3) is 5.99. The van der Waals surface area contributed by atoms with Gasteiger partial charge in [-0.25, -0.2) is 0 Å². The van der Waals surface area contributed by atoms with Crippen molar-refractivity contribution in [2.45, 2.75) is 142 Å². The molecule has 0 saturated heterocycles. The summed E-state index contributed by atoms with van der Waals surface area (Å²) in [6.45, 7) is 25.9. The van der Waals surface area contributed by atoms with Crippen molar-refractivity contribution in [3.8, 4) is 5.75 Å². The normalized spacial score (nSPS) is 31.3. The summed E-state index contributed by atoms with van der Waals surface area (Å²) in [6, 6.07) is 7.02. The van der Waals surface area contributed by atoms with Crippen molar-refractivity contribution in [1.82, 2.24) is 0 Å². The number of halogens is 1. The van der Waals surface area contributed by atoms with E-state index in [0.717, 1.165) is 18.6 Å². The number of fused-ring (bicyclic) bond motifs is 5. The van der Waals surface area contributed by atoms with Crippen molar-refractivity contribution in [3.05, 3.63) is 29.3 Å². The smallest absolute Gasteiger partial charge is 0.250 e. The highest BCUT2D eigenvalue weighted by atomic mass is 35.5. The van der Waals surface area contributed by atoms with Gasteiger partial charge >= 0.3 is 0 Å². The predicted molar refractivity (Wildman–Crippen MR) is 170 cm³/mol. The van der Waals surface area contributed by atoms with E-state index in [1.165, 1.54) is 31.2 Å². The van der Waals surface area contributed by atoms with Crippen LogP contribution in [0, 0.1) is 23.2 Å². The van der Waals surface area contributed by atoms with Crippen LogP contribution in [0.1, 0.15) is 104 Å². The zero-order valence-corrected chi connectivity index (χ0v) is 29.4. The molecule has 0 spiro atoms. The first-order valence-corrected chi connectivity index (χ1v) is 21.6. The predicted octanol–water partition coefficient (Wildman–Crippen LogP) is 10.1. The minimum absolute atomic E-state index is 0.166. The first-order chi connectivity index (χ1) is 17.8. The molecule has 3 aliphatic rings. The Morgan fingerprint density at radius 3 is 2.26 bits per heavy atom. The second-order valence-corrected chi connectivity index (χ2v) is 26.3. The monoisotopic (exact) mass is 590 g/mol. The molecule has 4 rings (SSSR count). The highest BCUT2D eigenvalue weighted by Crippen LogP contribution is 2.64. The molecule has 0 unspecified atom stereocenters. The van der Waals surface area contributed by atoms with Crippen LogP contribution in [-0.4, -0.2) is 28.0 Å². The summed E-state index contributed by atoms with van der Waals surface area (Å²) < 4.78 is 14.0. The fourth-order valence-electron chi connectivity index (χ4n) is 7.50. The van der Waals surface area contributed by atoms with Crippen LogP contribution in [0.4, 0.5) is 0 Å². The quantitative estimate of drug-likeness (QED) is 0.234. The lowest BCUT2D eigenvalue weighted by atomic mass is 9.55. The molecule has 0 aromatic heterocycles. The zero-order chi connectivity index (χ0) is 29.2. The summed E-state index contributed by atoms with van der Waals surface area (Å²) in [6.07, 6.45) is 7.52. The van der Waals surface area contributed by atoms with Gasteiger partial charge < -0.3 is 8.85 Å². The topological polar surface area (TPSA) is 35.5 Å². The summed E-state index contributed by atoms with van der Waals surface area (Å²) in [5, 5.41) is 0.151. The molecule has 39 heavy (non-hydrogen) atoms. The summed E-state index contributed by atoms with van der Waals surface area (Å²) in [5.41, 5.74) is 3.24. The highest BCUT2D eigenvalue weighted by Gasteiger charge is 2.60. The second kappa shape index (κ2) is 10.6. The van der Waals surface area contributed by atoms with Crippen LogP contribution in [-0.2, 0) is 15.6 Å². The third-order valence-electron chi connectivity index (χ3n) is 11.9. The molecule has 2 fully saturated rings. The van der Waals surface area contributed by atoms with E-state index in [1.54, 1.807) is 5.56 Å². The Morgan fingerprint density at radius 1 is 1.03 bits per heavy atom. The van der Waals surface area contributed by atoms with Gasteiger partial charge in [-0.1, -0.05) is 54.5 Å². The van der Waals surface area contributed by atoms with E-state index in [4.69, 9.17) is 20.5 Å². The maximum Gasteiger partial charge on any atom is 0.250 e. The van der Waals surface area contributed by atoms with E-state index in [-0.39, 0.29) is 26.8 Å². The number of benzene rings is 1. The molecule has 1 aromatic carbocycles. The van der Waals surface area contributed by atoms with Crippen LogP contribution in [0.25, 0.3) is 0 Å². The molecule has 220 valence electrons. The van der Waals surface area contributed by atoms with Gasteiger partial charge in [-0.05, 0) is 139 Å². The van der Waals surface area contributed by atoms with Gasteiger partial charge in [-0.15, -0.1) is 0 Å². The number of hydrogen-bond donors (Lipinski definition) is 0. The minimum Gasteiger partial charge on any atom is -0.543 e. The standard InChI is InChI=1S/C33H55ClO3Si2/c1-31(2,3)38(8,9)36-24-14-16-25-22(20-24)12-15-27-26(25)18-19-33(7)28(27)21-23(13-17-29(34)35)30(33)37-39(10,11)32(4,5)6/h14,16,20,23,26-28,30H,12-13,15,17-19,21H2,1-11H3/t23-,26-,27-,28+,30+,33+/m1/s1. The molecule has 6 atom stereocenters. The van der Waals surface area contributed by atoms with Gasteiger partial charge in [0.25, 0.3) is 0 Å². The Morgan fingerprint density at radius 2 is 1.67 bits per heavy atom. The SMILES string of the molecule is CC(C)(C)[Si](C)(C)Oc1ccc2c(c1)CC[C@@H]1[C@@H]2CC[C@@]2(C)[C@H]1C[C@@H](CCC(=O)Cl)[C@@H]2O[Si](C)(C)C(C)(C)C. The van der Waals surface area contributed by atoms with Crippen LogP contribution >= 0.6 is 11.6 Å². The van der Waals surface area contributed by atoms with E-state index >= 15 is 0 Å². The first kappa shape index (κ1) is 31.3. The Kier molecular flexibility index (Phi) is 8.49. The number of carbonyl (C=O) groups excluding carboxylic acids is 1. The van der Waals surface area contributed by atoms with Crippen molar-refractivity contribution < 1.29 is 13.6 Å². The molecular weight excluding hydrogens is 536 g/mol. The van der Waals surface area contributed by atoms with Gasteiger partial charge in [0.15, 0.2) is 8.32 Å². The first-order valence-electron chi connectivity index (χ1n) is 15.4. The van der Waals surface area contributed by atoms with Crippen molar-refractivity contribution >= 4 is 33.5 Å². The van der Waals surface area contributed by atoms with Crippen LogP contribution in [0.2, 0.25) is 36.3 Å². The summed E-state index contributed by atoms with van der Waals surface area (Å²) in [4.78, 5) is 11.8. The van der Waals surface area contributed by atoms with Crippen molar-refractivity contribution in [2.24, 2.45) is 23.2 Å². The molecule has 0 radical (unpaired) electrons. The molecule has 1 aromatic rings. The average Bonchev–Trinajstić information content (AvgIpc) is 3.06. The van der Waals surface area contributed by atoms with Gasteiger partial charge in [0.1, 0.15) is 5.75 Å². The Hall–Kier alpha value is -0.626. The lowest BCUT2D eigenvalue weighted by Gasteiger charge is -2.52. The average molecular weight is 591 g/mol. The number of rotatable bonds is 7. The lowest BCUT2D eigenvalue weighted by molar-refractivity contribution is -0.112. The zero-order valence-electron chi connectivity index (χ0n) is 26.7. The summed E-state index contributed by atoms with van der Waals surface area (Å²) in [7, 11) is -3.82. The van der Waals surface area contributed by atoms with E-state index in [1.807, 2.05) is 0 Å². The van der Waals surface area contributed by atoms with Gasteiger partial charge in [-0.3, -0.25) is 4.79 Å². The Bertz CT molecular complexity index is 1070. The van der Waals surface area contributed by atoms with Crippen LogP contribution in [0.5, 0.6) is 5.75 Å². The fourth-order valence-corrected chi connectivity index (χ4v) is 10.1. The van der Waals surface area contributed by atoms with Crippen molar-refractivity contribution in [1.29, 1.82) is 0 Å². The van der Waals surface area contributed by atoms with Gasteiger partial charge in [0.2, 0.25) is 13.6 Å². The van der Waals surface area contributed by atoms with Crippen LogP contribution in [0.15, 0.2) is 18.2 Å². The van der Waals surface area contributed by atoms with E-state index in [9.17, 15) is 4.79 Å². The van der Waals surface area contributed by atoms with Crippen LogP contribution in [0.3, 0.4) is 0 Å². The molecule has 2 saturated carbocycles. The lowest BCUT2D eigenvalue weighted by Crippen LogP contribution is -2.51. The van der Waals surface area contributed by atoms with E-state index < -0.39 is 16.6 Å². The summed E-state index contributed by atoms with van der Waals surface area (Å²) >= 11 is 5.86. The molecule has 0 amide bonds. The van der Waals surface area contributed by atoms with Crippen molar-refractivity contribution in [3.63, 3.8) is 0 Å². The van der Waals surface area contributed by atoms with Gasteiger partial charge in [-0.2, -0.15) is 0 Å². The molecule has 0 bridgehead atoms. The molecule has 3 nitrogen and oxygen atoms in total. The third-order valence-corrected chi connectivity index (χ3v) is 20.9. The van der Waals surface area contributed by atoms with Crippen molar-refractivity contribution in [2.75, 3.05) is 0 Å². The van der Waals surface area contributed by atoms with E-state index in [0.29, 0.717) is 30.1 Å². The van der Waals surface area contributed by atoms with E-state index in [2.05, 4.69) is 92.9 Å². The molecule has 0 heterocycles. The Balaban J connectivity index is 1.60. The number of aryl methyl sites for hydroxylation is 1. The molecule has 0 aliphatic heterocycles. The fraction of sp³-hybridized carbons (Fsp3) is 0.788. The Labute approximate surface area is 246 Å². The maximum atomic E-state index is 11.8. The number of carbonyl (C=O) groups is 1. The highest BCUT2D eigenvalue weighted by molar-refractivity contribution is 6.75. The number of hydrogen-bond acceptors (Lipinski definition) is 3. The molecular formula is C33H55ClO3Si2. The minimum atomic E-state index is -1.96. The van der Waals surface area contributed by atoms with Gasteiger partial charge in [0, 0.05) is 6.42 Å². The largest absolute Gasteiger partial charge is 0.543 e. The maximum absolute atomic E-state index is 11.8. The molecule has 0 N–H and O–H groups in total. The molecule has 6 heteroatoms. The van der Waals surface area contributed by atoms with Crippen LogP contribution < -0.4 is 4.43 Å². The second-order valence-electron chi connectivity index (χ2n) is 16.4. The molecule has 3 aliphatic carbocycles.